The van der Waals surface area contributed by atoms with Crippen LogP contribution < -0.4 is 14.4 Å². The number of hydrogen-bond acceptors (Lipinski definition) is 6. The fourth-order valence-corrected chi connectivity index (χ4v) is 4.91. The van der Waals surface area contributed by atoms with Crippen molar-refractivity contribution >= 4 is 31.6 Å². The maximum Gasteiger partial charge on any atom is 0.243 e. The molecule has 0 radical (unpaired) electrons. The van der Waals surface area contributed by atoms with E-state index in [4.69, 9.17) is 4.74 Å². The Morgan fingerprint density at radius 1 is 1.03 bits per heavy atom. The Hall–Kier alpha value is -2.77. The van der Waals surface area contributed by atoms with Crippen molar-refractivity contribution in [3.05, 3.63) is 54.1 Å². The molecule has 182 valence electrons. The van der Waals surface area contributed by atoms with Crippen LogP contribution in [0, 0.1) is 11.6 Å². The van der Waals surface area contributed by atoms with Crippen LogP contribution in [0.4, 0.5) is 14.5 Å². The summed E-state index contributed by atoms with van der Waals surface area (Å²) in [5, 5.41) is 2.51. The van der Waals surface area contributed by atoms with Gasteiger partial charge in [0.1, 0.15) is 18.4 Å². The molecular weight excluding hydrogens is 480 g/mol. The van der Waals surface area contributed by atoms with E-state index in [1.165, 1.54) is 45.3 Å². The first-order valence-electron chi connectivity index (χ1n) is 9.62. The number of sulfonamides is 2. The first-order valence-corrected chi connectivity index (χ1v) is 12.9. The van der Waals surface area contributed by atoms with Crippen LogP contribution in [0.2, 0.25) is 0 Å². The third-order valence-corrected chi connectivity index (χ3v) is 7.59. The minimum atomic E-state index is -3.99. The van der Waals surface area contributed by atoms with E-state index in [2.05, 4.69) is 5.32 Å². The fourth-order valence-electron chi connectivity index (χ4n) is 2.84. The average Bonchev–Trinajstić information content (AvgIpc) is 2.73. The maximum absolute atomic E-state index is 13.6. The Morgan fingerprint density at radius 3 is 2.15 bits per heavy atom. The van der Waals surface area contributed by atoms with Crippen molar-refractivity contribution in [2.45, 2.75) is 17.9 Å². The highest BCUT2D eigenvalue weighted by Gasteiger charge is 2.29. The molecule has 0 unspecified atom stereocenters. The number of nitrogens with zero attached hydrogens (tertiary/aromatic N) is 2. The maximum atomic E-state index is 13.6. The molecule has 1 atom stereocenters. The van der Waals surface area contributed by atoms with E-state index in [9.17, 15) is 30.4 Å². The molecule has 0 aliphatic heterocycles. The third-order valence-electron chi connectivity index (χ3n) is 4.52. The van der Waals surface area contributed by atoms with Gasteiger partial charge < -0.3 is 10.1 Å². The molecule has 0 fully saturated rings. The van der Waals surface area contributed by atoms with Crippen molar-refractivity contribution in [2.75, 3.05) is 37.8 Å². The number of halogens is 2. The van der Waals surface area contributed by atoms with Crippen molar-refractivity contribution in [2.24, 2.45) is 0 Å². The zero-order valence-electron chi connectivity index (χ0n) is 18.4. The molecule has 1 N–H and O–H groups in total. The van der Waals surface area contributed by atoms with Crippen LogP contribution in [0.25, 0.3) is 0 Å². The molecule has 2 rings (SSSR count). The lowest BCUT2D eigenvalue weighted by molar-refractivity contribution is -0.121. The molecule has 0 aliphatic carbocycles. The summed E-state index contributed by atoms with van der Waals surface area (Å²) in [4.78, 5) is 12.6. The van der Waals surface area contributed by atoms with E-state index < -0.39 is 43.6 Å². The summed E-state index contributed by atoms with van der Waals surface area (Å²) in [5.74, 6) is -2.70. The van der Waals surface area contributed by atoms with Gasteiger partial charge >= 0.3 is 0 Å². The number of anilines is 1. The quantitative estimate of drug-likeness (QED) is 0.491. The topological polar surface area (TPSA) is 113 Å². The van der Waals surface area contributed by atoms with Crippen LogP contribution in [0.1, 0.15) is 6.92 Å². The molecule has 0 aliphatic rings. The van der Waals surface area contributed by atoms with Crippen molar-refractivity contribution in [3.63, 3.8) is 0 Å². The average molecular weight is 506 g/mol. The highest BCUT2D eigenvalue weighted by atomic mass is 32.2. The third kappa shape index (κ3) is 6.62. The molecule has 1 amide bonds. The second-order valence-corrected chi connectivity index (χ2v) is 11.2. The van der Waals surface area contributed by atoms with Crippen LogP contribution in [-0.2, 0) is 24.8 Å². The molecule has 13 heteroatoms. The summed E-state index contributed by atoms with van der Waals surface area (Å²) in [5.41, 5.74) is -0.192. The van der Waals surface area contributed by atoms with Crippen molar-refractivity contribution in [1.29, 1.82) is 0 Å². The summed E-state index contributed by atoms with van der Waals surface area (Å²) in [6.45, 7) is 1.33. The largest absolute Gasteiger partial charge is 0.492 e. The highest BCUT2D eigenvalue weighted by Crippen LogP contribution is 2.23. The molecule has 2 aromatic carbocycles. The van der Waals surface area contributed by atoms with Crippen molar-refractivity contribution in [3.8, 4) is 5.75 Å². The van der Waals surface area contributed by atoms with Crippen molar-refractivity contribution < 1.29 is 35.1 Å². The minimum absolute atomic E-state index is 0.0102. The van der Waals surface area contributed by atoms with Gasteiger partial charge in [-0.2, -0.15) is 0 Å². The summed E-state index contributed by atoms with van der Waals surface area (Å²) in [6, 6.07) is 6.99. The van der Waals surface area contributed by atoms with Crippen LogP contribution in [-0.4, -0.2) is 66.6 Å². The van der Waals surface area contributed by atoms with Gasteiger partial charge in [0.15, 0.2) is 11.6 Å². The number of benzene rings is 2. The second-order valence-electron chi connectivity index (χ2n) is 7.23. The predicted octanol–water partition coefficient (Wildman–Crippen LogP) is 1.56. The Morgan fingerprint density at radius 2 is 1.64 bits per heavy atom. The molecular formula is C20H25F2N3O6S2. The summed E-state index contributed by atoms with van der Waals surface area (Å²) in [7, 11) is -4.72. The van der Waals surface area contributed by atoms with E-state index in [0.717, 1.165) is 22.7 Å². The van der Waals surface area contributed by atoms with Gasteiger partial charge in [-0.25, -0.2) is 29.9 Å². The van der Waals surface area contributed by atoms with Crippen molar-refractivity contribution in [1.82, 2.24) is 9.62 Å². The Balaban J connectivity index is 1.98. The molecule has 0 saturated carbocycles. The van der Waals surface area contributed by atoms with Gasteiger partial charge in [-0.3, -0.25) is 9.10 Å². The smallest absolute Gasteiger partial charge is 0.243 e. The van der Waals surface area contributed by atoms with E-state index in [0.29, 0.717) is 16.1 Å². The standard InChI is InChI=1S/C20H25F2N3O6S2/c1-14(25(32(4,27)28)15-5-10-18(21)19(22)13-15)20(26)23-11-12-31-16-6-8-17(9-7-16)33(29,30)24(2)3/h5-10,13-14H,11-12H2,1-4H3,(H,23,26)/t14-/m0/s1. The number of amides is 1. The van der Waals surface area contributed by atoms with Crippen LogP contribution in [0.15, 0.2) is 47.4 Å². The second kappa shape index (κ2) is 10.4. The van der Waals surface area contributed by atoms with Gasteiger partial charge in [0.2, 0.25) is 26.0 Å². The number of nitrogens with one attached hydrogen (secondary N) is 1. The summed E-state index contributed by atoms with van der Waals surface area (Å²) in [6.07, 6.45) is 0.849. The monoisotopic (exact) mass is 505 g/mol. The Labute approximate surface area is 192 Å². The Bertz CT molecular complexity index is 1200. The van der Waals surface area contributed by atoms with E-state index >= 15 is 0 Å². The lowest BCUT2D eigenvalue weighted by Gasteiger charge is -2.28. The SMILES string of the molecule is C[C@@H](C(=O)NCCOc1ccc(S(=O)(=O)N(C)C)cc1)N(c1ccc(F)c(F)c1)S(C)(=O)=O. The van der Waals surface area contributed by atoms with Gasteiger partial charge in [0.25, 0.3) is 0 Å². The molecule has 0 aromatic heterocycles. The van der Waals surface area contributed by atoms with E-state index in [1.807, 2.05) is 0 Å². The first-order chi connectivity index (χ1) is 15.2. The van der Waals surface area contributed by atoms with E-state index in [1.54, 1.807) is 0 Å². The Kier molecular flexibility index (Phi) is 8.38. The number of carbonyl (C=O) groups excluding carboxylic acids is 1. The molecule has 9 nitrogen and oxygen atoms in total. The molecule has 0 bridgehead atoms. The molecule has 0 spiro atoms. The van der Waals surface area contributed by atoms with Crippen LogP contribution in [0.3, 0.4) is 0 Å². The zero-order chi connectivity index (χ0) is 25.0. The van der Waals surface area contributed by atoms with Gasteiger partial charge in [-0.05, 0) is 43.3 Å². The fraction of sp³-hybridized carbons (Fsp3) is 0.350. The van der Waals surface area contributed by atoms with Crippen LogP contribution >= 0.6 is 0 Å². The molecule has 33 heavy (non-hydrogen) atoms. The number of carbonyl (C=O) groups is 1. The normalized spacial score (nSPS) is 12.9. The zero-order valence-corrected chi connectivity index (χ0v) is 20.1. The van der Waals surface area contributed by atoms with Gasteiger partial charge in [0, 0.05) is 20.2 Å². The first kappa shape index (κ1) is 26.5. The molecule has 0 saturated heterocycles. The number of hydrogen-bond donors (Lipinski definition) is 1. The molecule has 2 aromatic rings. The van der Waals surface area contributed by atoms with Gasteiger partial charge in [-0.15, -0.1) is 0 Å². The number of ether oxygens (including phenoxy) is 1. The summed E-state index contributed by atoms with van der Waals surface area (Å²) < 4.78 is 82.5. The molecule has 0 heterocycles. The lowest BCUT2D eigenvalue weighted by atomic mass is 10.2. The minimum Gasteiger partial charge on any atom is -0.492 e. The van der Waals surface area contributed by atoms with Gasteiger partial charge in [0.05, 0.1) is 23.4 Å². The summed E-state index contributed by atoms with van der Waals surface area (Å²) >= 11 is 0. The highest BCUT2D eigenvalue weighted by molar-refractivity contribution is 7.92. The predicted molar refractivity (Wildman–Crippen MR) is 119 cm³/mol. The number of rotatable bonds is 10. The van der Waals surface area contributed by atoms with Gasteiger partial charge in [-0.1, -0.05) is 0 Å². The van der Waals surface area contributed by atoms with Crippen LogP contribution in [0.5, 0.6) is 5.75 Å². The lowest BCUT2D eigenvalue weighted by Crippen LogP contribution is -2.48. The van der Waals surface area contributed by atoms with E-state index in [-0.39, 0.29) is 23.7 Å².